The van der Waals surface area contributed by atoms with E-state index in [2.05, 4.69) is 40.5 Å². The molecule has 0 aromatic heterocycles. The normalized spacial score (nSPS) is 19.7. The van der Waals surface area contributed by atoms with Crippen LogP contribution < -0.4 is 5.32 Å². The Hall–Kier alpha value is -1.06. The summed E-state index contributed by atoms with van der Waals surface area (Å²) in [5.74, 6) is 1.22. The lowest BCUT2D eigenvalue weighted by Crippen LogP contribution is -2.41. The molecule has 0 bridgehead atoms. The summed E-state index contributed by atoms with van der Waals surface area (Å²) in [6.07, 6.45) is 11.8. The Bertz CT molecular complexity index is 549. The molecule has 1 saturated heterocycles. The molecule has 1 aromatic carbocycles. The molecule has 3 rings (SSSR count). The second kappa shape index (κ2) is 11.1. The van der Waals surface area contributed by atoms with E-state index in [0.717, 1.165) is 38.4 Å². The highest BCUT2D eigenvalue weighted by Gasteiger charge is 2.37. The van der Waals surface area contributed by atoms with Gasteiger partial charge in [0.2, 0.25) is 5.91 Å². The van der Waals surface area contributed by atoms with Crippen LogP contribution in [0.15, 0.2) is 30.3 Å². The second-order valence-corrected chi connectivity index (χ2v) is 8.59. The van der Waals surface area contributed by atoms with Crippen LogP contribution in [0.1, 0.15) is 63.4 Å². The molecule has 1 heterocycles. The Morgan fingerprint density at radius 2 is 1.81 bits per heavy atom. The van der Waals surface area contributed by atoms with E-state index in [-0.39, 0.29) is 17.8 Å². The first-order chi connectivity index (χ1) is 12.7. The van der Waals surface area contributed by atoms with Gasteiger partial charge in [-0.05, 0) is 75.4 Å². The van der Waals surface area contributed by atoms with Crippen LogP contribution in [0.25, 0.3) is 0 Å². The predicted molar refractivity (Wildman–Crippen MR) is 115 cm³/mol. The number of rotatable bonds is 8. The van der Waals surface area contributed by atoms with Gasteiger partial charge < -0.3 is 10.2 Å². The number of likely N-dealkylation sites (tertiary alicyclic amines) is 1. The number of halogens is 1. The topological polar surface area (TPSA) is 32.3 Å². The molecule has 3 nitrogen and oxygen atoms in total. The van der Waals surface area contributed by atoms with Crippen LogP contribution in [0.5, 0.6) is 0 Å². The number of piperidine rings is 1. The molecule has 1 aliphatic carbocycles. The molecule has 152 valence electrons. The predicted octanol–water partition coefficient (Wildman–Crippen LogP) is 4.84. The molecule has 0 unspecified atom stereocenters. The number of carbonyl (C=O) groups excluding carboxylic acids is 1. The highest BCUT2D eigenvalue weighted by Crippen LogP contribution is 2.45. The van der Waals surface area contributed by atoms with Crippen molar-refractivity contribution < 1.29 is 4.79 Å². The van der Waals surface area contributed by atoms with Crippen molar-refractivity contribution in [2.24, 2.45) is 11.3 Å². The SMILES string of the molecule is CNCCC1CCN(C(=O)CC2(CCc3ccccc3)CCCC2)CC1.Cl. The van der Waals surface area contributed by atoms with E-state index in [9.17, 15) is 4.79 Å². The van der Waals surface area contributed by atoms with Crippen LogP contribution in [0.4, 0.5) is 0 Å². The minimum absolute atomic E-state index is 0. The van der Waals surface area contributed by atoms with Gasteiger partial charge >= 0.3 is 0 Å². The zero-order valence-corrected chi connectivity index (χ0v) is 17.7. The Labute approximate surface area is 171 Å². The lowest BCUT2D eigenvalue weighted by Gasteiger charge is -2.36. The number of amides is 1. The van der Waals surface area contributed by atoms with E-state index in [0.29, 0.717) is 5.91 Å². The summed E-state index contributed by atoms with van der Waals surface area (Å²) in [6, 6.07) is 10.8. The average molecular weight is 393 g/mol. The van der Waals surface area contributed by atoms with Gasteiger partial charge in [0.25, 0.3) is 0 Å². The highest BCUT2D eigenvalue weighted by atomic mass is 35.5. The van der Waals surface area contributed by atoms with Crippen LogP contribution in [-0.2, 0) is 11.2 Å². The molecule has 1 aromatic rings. The molecule has 27 heavy (non-hydrogen) atoms. The van der Waals surface area contributed by atoms with Gasteiger partial charge in [-0.1, -0.05) is 43.2 Å². The summed E-state index contributed by atoms with van der Waals surface area (Å²) in [7, 11) is 2.02. The van der Waals surface area contributed by atoms with E-state index in [1.807, 2.05) is 7.05 Å². The van der Waals surface area contributed by atoms with Gasteiger partial charge in [0.15, 0.2) is 0 Å². The van der Waals surface area contributed by atoms with Crippen LogP contribution >= 0.6 is 12.4 Å². The summed E-state index contributed by atoms with van der Waals surface area (Å²) >= 11 is 0. The molecular weight excluding hydrogens is 356 g/mol. The zero-order valence-electron chi connectivity index (χ0n) is 16.9. The van der Waals surface area contributed by atoms with Crippen molar-refractivity contribution in [3.8, 4) is 0 Å². The van der Waals surface area contributed by atoms with Gasteiger partial charge in [0.1, 0.15) is 0 Å². The molecule has 1 N–H and O–H groups in total. The maximum atomic E-state index is 13.0. The van der Waals surface area contributed by atoms with Crippen molar-refractivity contribution >= 4 is 18.3 Å². The fourth-order valence-electron chi connectivity index (χ4n) is 4.95. The Morgan fingerprint density at radius 3 is 2.44 bits per heavy atom. The number of hydrogen-bond acceptors (Lipinski definition) is 2. The Kier molecular flexibility index (Phi) is 9.11. The smallest absolute Gasteiger partial charge is 0.223 e. The third-order valence-corrected chi connectivity index (χ3v) is 6.75. The van der Waals surface area contributed by atoms with Gasteiger partial charge in [0.05, 0.1) is 0 Å². The standard InChI is InChI=1S/C23H36N2O.ClH/c1-24-16-10-21-11-17-25(18-12-21)22(26)19-23(13-5-6-14-23)15-9-20-7-3-2-4-8-20;/h2-4,7-8,21,24H,5-6,9-19H2,1H3;1H. The highest BCUT2D eigenvalue weighted by molar-refractivity contribution is 5.85. The number of hydrogen-bond donors (Lipinski definition) is 1. The molecule has 2 aliphatic rings. The molecule has 0 spiro atoms. The third kappa shape index (κ3) is 6.50. The number of nitrogens with one attached hydrogen (secondary N) is 1. The fourth-order valence-corrected chi connectivity index (χ4v) is 4.95. The minimum Gasteiger partial charge on any atom is -0.343 e. The number of benzene rings is 1. The quantitative estimate of drug-likeness (QED) is 0.686. The van der Waals surface area contributed by atoms with Crippen LogP contribution in [0.3, 0.4) is 0 Å². The Balaban J connectivity index is 0.00000261. The lowest BCUT2D eigenvalue weighted by atomic mass is 9.77. The van der Waals surface area contributed by atoms with E-state index in [1.165, 1.54) is 56.9 Å². The zero-order chi connectivity index (χ0) is 18.2. The number of nitrogens with zero attached hydrogens (tertiary/aromatic N) is 1. The molecule has 0 radical (unpaired) electrons. The van der Waals surface area contributed by atoms with Crippen molar-refractivity contribution in [3.05, 3.63) is 35.9 Å². The molecule has 1 saturated carbocycles. The third-order valence-electron chi connectivity index (χ3n) is 6.75. The minimum atomic E-state index is 0. The van der Waals surface area contributed by atoms with Crippen molar-refractivity contribution in [3.63, 3.8) is 0 Å². The maximum Gasteiger partial charge on any atom is 0.223 e. The summed E-state index contributed by atoms with van der Waals surface area (Å²) in [6.45, 7) is 3.05. The first kappa shape index (κ1) is 22.2. The summed E-state index contributed by atoms with van der Waals surface area (Å²) < 4.78 is 0. The van der Waals surface area contributed by atoms with Crippen molar-refractivity contribution in [1.29, 1.82) is 0 Å². The molecule has 1 aliphatic heterocycles. The van der Waals surface area contributed by atoms with E-state index in [1.54, 1.807) is 0 Å². The van der Waals surface area contributed by atoms with Gasteiger partial charge in [-0.3, -0.25) is 4.79 Å². The largest absolute Gasteiger partial charge is 0.343 e. The fraction of sp³-hybridized carbons (Fsp3) is 0.696. The summed E-state index contributed by atoms with van der Waals surface area (Å²) in [5, 5.41) is 3.25. The Morgan fingerprint density at radius 1 is 1.15 bits per heavy atom. The first-order valence-electron chi connectivity index (χ1n) is 10.7. The molecule has 0 atom stereocenters. The van der Waals surface area contributed by atoms with Crippen LogP contribution in [-0.4, -0.2) is 37.5 Å². The second-order valence-electron chi connectivity index (χ2n) is 8.59. The van der Waals surface area contributed by atoms with E-state index < -0.39 is 0 Å². The maximum absolute atomic E-state index is 13.0. The van der Waals surface area contributed by atoms with Gasteiger partial charge in [-0.15, -0.1) is 12.4 Å². The van der Waals surface area contributed by atoms with E-state index in [4.69, 9.17) is 0 Å². The van der Waals surface area contributed by atoms with Gasteiger partial charge in [-0.25, -0.2) is 0 Å². The van der Waals surface area contributed by atoms with Crippen molar-refractivity contribution in [1.82, 2.24) is 10.2 Å². The molecular formula is C23H37ClN2O. The summed E-state index contributed by atoms with van der Waals surface area (Å²) in [5.41, 5.74) is 1.67. The van der Waals surface area contributed by atoms with Crippen molar-refractivity contribution in [2.75, 3.05) is 26.7 Å². The van der Waals surface area contributed by atoms with E-state index >= 15 is 0 Å². The number of carbonyl (C=O) groups is 1. The van der Waals surface area contributed by atoms with Crippen LogP contribution in [0, 0.1) is 11.3 Å². The molecule has 2 fully saturated rings. The average Bonchev–Trinajstić information content (AvgIpc) is 3.14. The van der Waals surface area contributed by atoms with Crippen LogP contribution in [0.2, 0.25) is 0 Å². The summed E-state index contributed by atoms with van der Waals surface area (Å²) in [4.78, 5) is 15.2. The van der Waals surface area contributed by atoms with Gasteiger partial charge in [-0.2, -0.15) is 0 Å². The van der Waals surface area contributed by atoms with Crippen molar-refractivity contribution in [2.45, 2.75) is 64.2 Å². The first-order valence-corrected chi connectivity index (χ1v) is 10.7. The van der Waals surface area contributed by atoms with Gasteiger partial charge in [0, 0.05) is 19.5 Å². The molecule has 1 amide bonds. The monoisotopic (exact) mass is 392 g/mol. The molecule has 4 heteroatoms. The number of aryl methyl sites for hydroxylation is 1. The lowest BCUT2D eigenvalue weighted by molar-refractivity contribution is -0.135.